The molecule has 118 valence electrons. The van der Waals surface area contributed by atoms with Gasteiger partial charge < -0.3 is 15.4 Å². The van der Waals surface area contributed by atoms with Gasteiger partial charge in [0.1, 0.15) is 0 Å². The Balaban J connectivity index is 0.00000220. The van der Waals surface area contributed by atoms with Gasteiger partial charge in [-0.25, -0.2) is 4.99 Å². The van der Waals surface area contributed by atoms with E-state index in [1.807, 2.05) is 0 Å². The molecule has 0 amide bonds. The van der Waals surface area contributed by atoms with Crippen LogP contribution in [0.15, 0.2) is 29.3 Å². The molecule has 5 heteroatoms. The fraction of sp³-hybridized carbons (Fsp3) is 0.562. The predicted molar refractivity (Wildman–Crippen MR) is 98.3 cm³/mol. The SMILES string of the molecule is CCNC(=NCc1cccc(C)c1)NCC1(C)COC1.I. The first-order valence-electron chi connectivity index (χ1n) is 7.27. The molecule has 4 nitrogen and oxygen atoms in total. The fourth-order valence-electron chi connectivity index (χ4n) is 2.17. The van der Waals surface area contributed by atoms with Gasteiger partial charge in [-0.2, -0.15) is 0 Å². The number of rotatable bonds is 5. The maximum absolute atomic E-state index is 5.27. The Kier molecular flexibility index (Phi) is 7.45. The van der Waals surface area contributed by atoms with Crippen LogP contribution in [0.5, 0.6) is 0 Å². The average molecular weight is 403 g/mol. The molecule has 0 atom stereocenters. The zero-order valence-electron chi connectivity index (χ0n) is 13.1. The molecule has 1 heterocycles. The molecule has 0 bridgehead atoms. The number of nitrogens with one attached hydrogen (secondary N) is 2. The lowest BCUT2D eigenvalue weighted by Gasteiger charge is -2.38. The minimum absolute atomic E-state index is 0. The van der Waals surface area contributed by atoms with Crippen LogP contribution in [-0.4, -0.2) is 32.3 Å². The van der Waals surface area contributed by atoms with Gasteiger partial charge in [-0.15, -0.1) is 24.0 Å². The number of guanidine groups is 1. The number of nitrogens with zero attached hydrogens (tertiary/aromatic N) is 1. The number of halogens is 1. The molecule has 21 heavy (non-hydrogen) atoms. The Hall–Kier alpha value is -0.820. The Labute approximate surface area is 144 Å². The van der Waals surface area contributed by atoms with Gasteiger partial charge in [-0.1, -0.05) is 36.8 Å². The molecule has 1 saturated heterocycles. The lowest BCUT2D eigenvalue weighted by atomic mass is 9.89. The van der Waals surface area contributed by atoms with E-state index in [-0.39, 0.29) is 29.4 Å². The van der Waals surface area contributed by atoms with Gasteiger partial charge in [0.2, 0.25) is 0 Å². The Morgan fingerprint density at radius 3 is 2.67 bits per heavy atom. The molecule has 0 spiro atoms. The third-order valence-electron chi connectivity index (χ3n) is 3.43. The molecule has 1 aromatic rings. The van der Waals surface area contributed by atoms with Crippen molar-refractivity contribution in [2.45, 2.75) is 27.3 Å². The van der Waals surface area contributed by atoms with Gasteiger partial charge in [0, 0.05) is 18.5 Å². The highest BCUT2D eigenvalue weighted by Crippen LogP contribution is 2.24. The number of hydrogen-bond acceptors (Lipinski definition) is 2. The predicted octanol–water partition coefficient (Wildman–Crippen LogP) is 2.70. The summed E-state index contributed by atoms with van der Waals surface area (Å²) in [6.07, 6.45) is 0. The summed E-state index contributed by atoms with van der Waals surface area (Å²) in [4.78, 5) is 4.64. The molecular formula is C16H26IN3O. The van der Waals surface area contributed by atoms with E-state index in [2.05, 4.69) is 60.7 Å². The van der Waals surface area contributed by atoms with Crippen LogP contribution in [0.1, 0.15) is 25.0 Å². The van der Waals surface area contributed by atoms with Gasteiger partial charge in [0.05, 0.1) is 19.8 Å². The number of hydrogen-bond donors (Lipinski definition) is 2. The van der Waals surface area contributed by atoms with Crippen molar-refractivity contribution in [2.24, 2.45) is 10.4 Å². The van der Waals surface area contributed by atoms with Crippen LogP contribution in [0.4, 0.5) is 0 Å². The summed E-state index contributed by atoms with van der Waals surface area (Å²) in [6, 6.07) is 8.47. The largest absolute Gasteiger partial charge is 0.380 e. The average Bonchev–Trinajstić information content (AvgIpc) is 2.40. The van der Waals surface area contributed by atoms with E-state index in [0.29, 0.717) is 6.54 Å². The first-order chi connectivity index (χ1) is 9.61. The maximum Gasteiger partial charge on any atom is 0.191 e. The Morgan fingerprint density at radius 2 is 2.10 bits per heavy atom. The van der Waals surface area contributed by atoms with E-state index in [4.69, 9.17) is 4.74 Å². The maximum atomic E-state index is 5.27. The third kappa shape index (κ3) is 5.82. The second-order valence-corrected chi connectivity index (χ2v) is 5.84. The van der Waals surface area contributed by atoms with Gasteiger partial charge in [0.25, 0.3) is 0 Å². The molecule has 2 N–H and O–H groups in total. The second kappa shape index (κ2) is 8.58. The summed E-state index contributed by atoms with van der Waals surface area (Å²) >= 11 is 0. The van der Waals surface area contributed by atoms with Crippen LogP contribution in [0.25, 0.3) is 0 Å². The van der Waals surface area contributed by atoms with E-state index in [0.717, 1.165) is 32.3 Å². The van der Waals surface area contributed by atoms with Gasteiger partial charge in [-0.05, 0) is 19.4 Å². The highest BCUT2D eigenvalue weighted by Gasteiger charge is 2.33. The Morgan fingerprint density at radius 1 is 1.33 bits per heavy atom. The molecular weight excluding hydrogens is 377 g/mol. The highest BCUT2D eigenvalue weighted by atomic mass is 127. The van der Waals surface area contributed by atoms with Crippen LogP contribution in [-0.2, 0) is 11.3 Å². The fourth-order valence-corrected chi connectivity index (χ4v) is 2.17. The smallest absolute Gasteiger partial charge is 0.191 e. The van der Waals surface area contributed by atoms with Crippen LogP contribution in [0.3, 0.4) is 0 Å². The third-order valence-corrected chi connectivity index (χ3v) is 3.43. The highest BCUT2D eigenvalue weighted by molar-refractivity contribution is 14.0. The summed E-state index contributed by atoms with van der Waals surface area (Å²) in [5.74, 6) is 0.877. The molecule has 0 radical (unpaired) electrons. The molecule has 2 rings (SSSR count). The molecule has 0 aliphatic carbocycles. The van der Waals surface area contributed by atoms with Crippen molar-refractivity contribution in [3.05, 3.63) is 35.4 Å². The van der Waals surface area contributed by atoms with Crippen LogP contribution >= 0.6 is 24.0 Å². The van der Waals surface area contributed by atoms with Crippen molar-refractivity contribution >= 4 is 29.9 Å². The minimum atomic E-state index is 0. The molecule has 1 aromatic carbocycles. The number of aryl methyl sites for hydroxylation is 1. The molecule has 0 unspecified atom stereocenters. The van der Waals surface area contributed by atoms with Crippen molar-refractivity contribution in [1.29, 1.82) is 0 Å². The van der Waals surface area contributed by atoms with Crippen LogP contribution in [0, 0.1) is 12.3 Å². The first-order valence-corrected chi connectivity index (χ1v) is 7.27. The molecule has 0 aromatic heterocycles. The molecule has 0 saturated carbocycles. The standard InChI is InChI=1S/C16H25N3O.HI/c1-4-17-15(19-10-16(3)11-20-12-16)18-9-14-7-5-6-13(2)8-14;/h5-8H,4,9-12H2,1-3H3,(H2,17,18,19);1H. The molecule has 1 fully saturated rings. The lowest BCUT2D eigenvalue weighted by Crippen LogP contribution is -2.51. The van der Waals surface area contributed by atoms with Crippen LogP contribution in [0.2, 0.25) is 0 Å². The van der Waals surface area contributed by atoms with E-state index >= 15 is 0 Å². The first kappa shape index (κ1) is 18.2. The lowest BCUT2D eigenvalue weighted by molar-refractivity contribution is -0.0971. The summed E-state index contributed by atoms with van der Waals surface area (Å²) in [6.45, 7) is 10.5. The normalized spacial score (nSPS) is 16.6. The van der Waals surface area contributed by atoms with Crippen molar-refractivity contribution in [2.75, 3.05) is 26.3 Å². The minimum Gasteiger partial charge on any atom is -0.380 e. The van der Waals surface area contributed by atoms with Crippen molar-refractivity contribution in [1.82, 2.24) is 10.6 Å². The Bertz CT molecular complexity index is 472. The van der Waals surface area contributed by atoms with E-state index in [9.17, 15) is 0 Å². The van der Waals surface area contributed by atoms with Gasteiger partial charge in [-0.3, -0.25) is 0 Å². The summed E-state index contributed by atoms with van der Waals surface area (Å²) in [5.41, 5.74) is 2.76. The van der Waals surface area contributed by atoms with E-state index in [1.165, 1.54) is 11.1 Å². The molecule has 1 aliphatic heterocycles. The topological polar surface area (TPSA) is 45.7 Å². The van der Waals surface area contributed by atoms with Gasteiger partial charge >= 0.3 is 0 Å². The number of benzene rings is 1. The van der Waals surface area contributed by atoms with Crippen LogP contribution < -0.4 is 10.6 Å². The second-order valence-electron chi connectivity index (χ2n) is 5.84. The summed E-state index contributed by atoms with van der Waals surface area (Å²) in [7, 11) is 0. The number of aliphatic imine (C=N–C) groups is 1. The van der Waals surface area contributed by atoms with Crippen molar-refractivity contribution < 1.29 is 4.74 Å². The summed E-state index contributed by atoms with van der Waals surface area (Å²) < 4.78 is 5.27. The van der Waals surface area contributed by atoms with Crippen molar-refractivity contribution in [3.63, 3.8) is 0 Å². The zero-order chi connectivity index (χ0) is 14.4. The van der Waals surface area contributed by atoms with Crippen molar-refractivity contribution in [3.8, 4) is 0 Å². The van der Waals surface area contributed by atoms with E-state index < -0.39 is 0 Å². The molecule has 1 aliphatic rings. The van der Waals surface area contributed by atoms with E-state index in [1.54, 1.807) is 0 Å². The zero-order valence-corrected chi connectivity index (χ0v) is 15.4. The van der Waals surface area contributed by atoms with Gasteiger partial charge in [0.15, 0.2) is 5.96 Å². The summed E-state index contributed by atoms with van der Waals surface area (Å²) in [5, 5.41) is 6.69. The number of ether oxygens (including phenoxy) is 1. The monoisotopic (exact) mass is 403 g/mol. The quantitative estimate of drug-likeness (QED) is 0.452.